The number of methoxy groups -OCH3 is 1. The molecule has 0 amide bonds. The molecule has 0 N–H and O–H groups in total. The predicted octanol–water partition coefficient (Wildman–Crippen LogP) is 2.43. The Morgan fingerprint density at radius 2 is 2.16 bits per heavy atom. The summed E-state index contributed by atoms with van der Waals surface area (Å²) in [5.41, 5.74) is 1.42. The quantitative estimate of drug-likeness (QED) is 0.824. The van der Waals surface area contributed by atoms with Crippen molar-refractivity contribution in [1.29, 1.82) is 5.26 Å². The van der Waals surface area contributed by atoms with Gasteiger partial charge in [-0.15, -0.1) is 5.17 Å². The van der Waals surface area contributed by atoms with Crippen molar-refractivity contribution >= 4 is 10.9 Å². The Hall–Kier alpha value is -2.87. The lowest BCUT2D eigenvalue weighted by atomic mass is 10.1. The monoisotopic (exact) mass is 253 g/mol. The molecule has 1 aliphatic heterocycles. The number of nitriles is 1. The molecule has 19 heavy (non-hydrogen) atoms. The molecule has 0 saturated heterocycles. The number of hydroxylamine groups is 1. The Bertz CT molecular complexity index is 722. The molecule has 1 aromatic carbocycles. The van der Waals surface area contributed by atoms with Crippen LogP contribution in [-0.2, 0) is 4.84 Å². The fourth-order valence-corrected chi connectivity index (χ4v) is 2.08. The van der Waals surface area contributed by atoms with E-state index >= 15 is 0 Å². The molecule has 5 heteroatoms. The summed E-state index contributed by atoms with van der Waals surface area (Å²) in [6, 6.07) is 7.62. The molecule has 1 aliphatic rings. The van der Waals surface area contributed by atoms with Crippen molar-refractivity contribution in [2.24, 2.45) is 0 Å². The summed E-state index contributed by atoms with van der Waals surface area (Å²) in [7, 11) is 1.56. The van der Waals surface area contributed by atoms with Gasteiger partial charge in [0.05, 0.1) is 24.4 Å². The summed E-state index contributed by atoms with van der Waals surface area (Å²) in [6.45, 7) is 0. The maximum atomic E-state index is 9.07. The van der Waals surface area contributed by atoms with E-state index < -0.39 is 0 Å². The van der Waals surface area contributed by atoms with Crippen LogP contribution in [0.1, 0.15) is 5.56 Å². The molecule has 0 fully saturated rings. The molecule has 0 aliphatic carbocycles. The van der Waals surface area contributed by atoms with E-state index in [1.54, 1.807) is 36.9 Å². The Morgan fingerprint density at radius 3 is 2.84 bits per heavy atom. The number of nitrogens with zero attached hydrogens (tertiary/aromatic N) is 3. The molecule has 0 spiro atoms. The highest BCUT2D eigenvalue weighted by Gasteiger charge is 2.14. The average molecular weight is 253 g/mol. The van der Waals surface area contributed by atoms with Gasteiger partial charge in [-0.25, -0.2) is 4.68 Å². The van der Waals surface area contributed by atoms with Crippen LogP contribution in [-0.4, -0.2) is 11.8 Å². The summed E-state index contributed by atoms with van der Waals surface area (Å²) >= 11 is 0. The minimum absolute atomic E-state index is 0.516. The second kappa shape index (κ2) is 4.42. The topological polar surface area (TPSA) is 50.4 Å². The molecule has 0 atom stereocenters. The van der Waals surface area contributed by atoms with Crippen LogP contribution in [0.3, 0.4) is 0 Å². The average Bonchev–Trinajstić information content (AvgIpc) is 2.91. The maximum Gasteiger partial charge on any atom is 0.146 e. The van der Waals surface area contributed by atoms with E-state index in [2.05, 4.69) is 6.07 Å². The van der Waals surface area contributed by atoms with Crippen molar-refractivity contribution in [3.8, 4) is 11.8 Å². The van der Waals surface area contributed by atoms with Crippen LogP contribution in [0.4, 0.5) is 0 Å². The van der Waals surface area contributed by atoms with Crippen molar-refractivity contribution in [3.05, 3.63) is 54.6 Å². The van der Waals surface area contributed by atoms with E-state index in [1.807, 2.05) is 29.1 Å². The van der Waals surface area contributed by atoms with Crippen LogP contribution in [0.2, 0.25) is 0 Å². The minimum atomic E-state index is 0.516. The number of hydrogen-bond acceptors (Lipinski definition) is 4. The first-order valence-corrected chi connectivity index (χ1v) is 5.73. The van der Waals surface area contributed by atoms with E-state index in [1.165, 1.54) is 0 Å². The first-order chi connectivity index (χ1) is 9.35. The van der Waals surface area contributed by atoms with Gasteiger partial charge >= 0.3 is 0 Å². The van der Waals surface area contributed by atoms with Gasteiger partial charge in [0.1, 0.15) is 18.1 Å². The predicted molar refractivity (Wildman–Crippen MR) is 70.8 cm³/mol. The van der Waals surface area contributed by atoms with Crippen molar-refractivity contribution in [1.82, 2.24) is 4.68 Å². The second-order valence-corrected chi connectivity index (χ2v) is 3.93. The minimum Gasteiger partial charge on any atom is -0.495 e. The zero-order valence-corrected chi connectivity index (χ0v) is 10.3. The van der Waals surface area contributed by atoms with Crippen molar-refractivity contribution in [2.75, 3.05) is 12.3 Å². The van der Waals surface area contributed by atoms with Gasteiger partial charge in [-0.1, -0.05) is 0 Å². The van der Waals surface area contributed by atoms with E-state index in [4.69, 9.17) is 14.8 Å². The van der Waals surface area contributed by atoms with Crippen LogP contribution < -0.4 is 9.91 Å². The number of aromatic nitrogens is 1. The van der Waals surface area contributed by atoms with Crippen molar-refractivity contribution in [3.63, 3.8) is 0 Å². The normalized spacial score (nSPS) is 13.4. The molecular weight excluding hydrogens is 242 g/mol. The number of allylic oxidation sites excluding steroid dienone is 2. The molecule has 0 saturated carbocycles. The van der Waals surface area contributed by atoms with Gasteiger partial charge in [0, 0.05) is 11.6 Å². The summed E-state index contributed by atoms with van der Waals surface area (Å²) in [6.07, 6.45) is 8.92. The third-order valence-corrected chi connectivity index (χ3v) is 2.91. The largest absolute Gasteiger partial charge is 0.495 e. The fraction of sp³-hybridized carbons (Fsp3) is 0.0714. The number of benzene rings is 1. The standard InChI is InChI=1S/C14H11N3O2/c1-18-14-11(10-15)4-5-13-12(14)6-8-16(13)17-7-2-3-9-19-17/h2-9H,1H3. The first kappa shape index (κ1) is 11.2. The second-order valence-electron chi connectivity index (χ2n) is 3.93. The van der Waals surface area contributed by atoms with Gasteiger partial charge < -0.3 is 9.57 Å². The molecular formula is C14H11N3O2. The highest BCUT2D eigenvalue weighted by Crippen LogP contribution is 2.30. The summed E-state index contributed by atoms with van der Waals surface area (Å²) in [5, 5.41) is 11.5. The van der Waals surface area contributed by atoms with E-state index in [-0.39, 0.29) is 0 Å². The number of hydrogen-bond donors (Lipinski definition) is 0. The van der Waals surface area contributed by atoms with Gasteiger partial charge in [-0.3, -0.25) is 0 Å². The highest BCUT2D eigenvalue weighted by atomic mass is 16.7. The molecule has 0 radical (unpaired) electrons. The van der Waals surface area contributed by atoms with Crippen LogP contribution in [0.5, 0.6) is 5.75 Å². The third-order valence-electron chi connectivity index (χ3n) is 2.91. The van der Waals surface area contributed by atoms with E-state index in [0.29, 0.717) is 11.3 Å². The Balaban J connectivity index is 2.17. The lowest BCUT2D eigenvalue weighted by Gasteiger charge is -2.21. The molecule has 1 aromatic heterocycles. The van der Waals surface area contributed by atoms with Crippen LogP contribution >= 0.6 is 0 Å². The number of fused-ring (bicyclic) bond motifs is 1. The van der Waals surface area contributed by atoms with Crippen LogP contribution in [0.15, 0.2) is 49.0 Å². The molecule has 5 nitrogen and oxygen atoms in total. The third kappa shape index (κ3) is 1.70. The van der Waals surface area contributed by atoms with Gasteiger partial charge in [-0.05, 0) is 30.4 Å². The Morgan fingerprint density at radius 1 is 1.26 bits per heavy atom. The molecule has 0 unspecified atom stereocenters. The molecule has 94 valence electrons. The highest BCUT2D eigenvalue weighted by molar-refractivity contribution is 5.89. The van der Waals surface area contributed by atoms with Crippen molar-refractivity contribution < 1.29 is 9.57 Å². The summed E-state index contributed by atoms with van der Waals surface area (Å²) in [4.78, 5) is 5.38. The maximum absolute atomic E-state index is 9.07. The van der Waals surface area contributed by atoms with Gasteiger partial charge in [0.25, 0.3) is 0 Å². The lowest BCUT2D eigenvalue weighted by molar-refractivity contribution is 0.179. The molecule has 3 rings (SSSR count). The Kier molecular flexibility index (Phi) is 2.62. The molecule has 0 bridgehead atoms. The van der Waals surface area contributed by atoms with Crippen LogP contribution in [0, 0.1) is 11.3 Å². The first-order valence-electron chi connectivity index (χ1n) is 5.73. The smallest absolute Gasteiger partial charge is 0.146 e. The fourth-order valence-electron chi connectivity index (χ4n) is 2.08. The number of rotatable bonds is 2. The van der Waals surface area contributed by atoms with E-state index in [0.717, 1.165) is 10.9 Å². The SMILES string of the molecule is COc1c(C#N)ccc2c1ccn2N1C=CC=CO1. The van der Waals surface area contributed by atoms with Crippen molar-refractivity contribution in [2.45, 2.75) is 0 Å². The Labute approximate surface area is 110 Å². The number of ether oxygens (including phenoxy) is 1. The zero-order valence-electron chi connectivity index (χ0n) is 10.3. The lowest BCUT2D eigenvalue weighted by Crippen LogP contribution is -2.27. The van der Waals surface area contributed by atoms with Gasteiger partial charge in [-0.2, -0.15) is 5.26 Å². The summed E-state index contributed by atoms with van der Waals surface area (Å²) < 4.78 is 7.16. The van der Waals surface area contributed by atoms with Crippen LogP contribution in [0.25, 0.3) is 10.9 Å². The van der Waals surface area contributed by atoms with E-state index in [9.17, 15) is 0 Å². The summed E-state index contributed by atoms with van der Waals surface area (Å²) in [5.74, 6) is 0.579. The zero-order chi connectivity index (χ0) is 13.2. The van der Waals surface area contributed by atoms with Gasteiger partial charge in [0.2, 0.25) is 0 Å². The van der Waals surface area contributed by atoms with Gasteiger partial charge in [0.15, 0.2) is 0 Å². The molecule has 2 heterocycles. The molecule has 2 aromatic rings.